The van der Waals surface area contributed by atoms with Gasteiger partial charge in [0, 0.05) is 6.20 Å². The highest BCUT2D eigenvalue weighted by molar-refractivity contribution is 5.48. The molecule has 0 radical (unpaired) electrons. The Morgan fingerprint density at radius 1 is 1.47 bits per heavy atom. The quantitative estimate of drug-likeness (QED) is 0.798. The summed E-state index contributed by atoms with van der Waals surface area (Å²) in [6.07, 6.45) is 0.625. The third-order valence-electron chi connectivity index (χ3n) is 2.10. The van der Waals surface area contributed by atoms with Crippen molar-refractivity contribution >= 4 is 6.08 Å². The molecular weight excluding hydrogens is 233 g/mol. The summed E-state index contributed by atoms with van der Waals surface area (Å²) in [5, 5.41) is 2.91. The van der Waals surface area contributed by atoms with Gasteiger partial charge in [-0.15, -0.1) is 0 Å². The number of pyridine rings is 1. The zero-order valence-corrected chi connectivity index (χ0v) is 9.27. The predicted molar refractivity (Wildman–Crippen MR) is 59.6 cm³/mol. The van der Waals surface area contributed by atoms with Gasteiger partial charge < -0.3 is 10.3 Å². The second-order valence-corrected chi connectivity index (χ2v) is 3.47. The topological polar surface area (TPSA) is 44.9 Å². The molecule has 0 aliphatic heterocycles. The molecule has 0 bridgehead atoms. The van der Waals surface area contributed by atoms with E-state index in [0.717, 1.165) is 12.6 Å². The molecule has 1 heterocycles. The molecule has 1 aromatic heterocycles. The highest BCUT2D eigenvalue weighted by atomic mass is 19.4. The van der Waals surface area contributed by atoms with Crippen molar-refractivity contribution in [3.63, 3.8) is 0 Å². The summed E-state index contributed by atoms with van der Waals surface area (Å²) in [7, 11) is 1.79. The first-order valence-electron chi connectivity index (χ1n) is 5.06. The molecule has 0 aliphatic carbocycles. The fourth-order valence-electron chi connectivity index (χ4n) is 1.25. The van der Waals surface area contributed by atoms with E-state index < -0.39 is 17.3 Å². The second kappa shape index (κ2) is 5.67. The molecule has 3 nitrogen and oxygen atoms in total. The van der Waals surface area contributed by atoms with Crippen LogP contribution >= 0.6 is 0 Å². The van der Waals surface area contributed by atoms with E-state index >= 15 is 0 Å². The molecule has 17 heavy (non-hydrogen) atoms. The number of hydrogen-bond donors (Lipinski definition) is 2. The number of alkyl halides is 3. The maximum Gasteiger partial charge on any atom is 0.421 e. The highest BCUT2D eigenvalue weighted by Gasteiger charge is 2.33. The summed E-state index contributed by atoms with van der Waals surface area (Å²) >= 11 is 0. The molecule has 0 saturated carbocycles. The van der Waals surface area contributed by atoms with E-state index in [0.29, 0.717) is 12.0 Å². The molecule has 0 aliphatic rings. The molecule has 2 N–H and O–H groups in total. The first-order valence-corrected chi connectivity index (χ1v) is 5.06. The minimum atomic E-state index is -4.62. The van der Waals surface area contributed by atoms with E-state index in [-0.39, 0.29) is 0 Å². The Hall–Kier alpha value is -1.56. The largest absolute Gasteiger partial charge is 0.421 e. The Morgan fingerprint density at radius 3 is 2.76 bits per heavy atom. The lowest BCUT2D eigenvalue weighted by molar-refractivity contribution is -0.138. The van der Waals surface area contributed by atoms with Crippen LogP contribution in [0.25, 0.3) is 6.08 Å². The van der Waals surface area contributed by atoms with Crippen molar-refractivity contribution in [1.82, 2.24) is 10.3 Å². The van der Waals surface area contributed by atoms with Crippen LogP contribution in [0.5, 0.6) is 0 Å². The average molecular weight is 246 g/mol. The lowest BCUT2D eigenvalue weighted by Crippen LogP contribution is -2.21. The van der Waals surface area contributed by atoms with E-state index in [1.54, 1.807) is 19.2 Å². The fourth-order valence-corrected chi connectivity index (χ4v) is 1.25. The highest BCUT2D eigenvalue weighted by Crippen LogP contribution is 2.26. The standard InChI is InChI=1S/C11H13F3N2O/c1-15-5-3-2-4-8-6-9(11(12,13)14)10(17)16-7-8/h2,4,6-7,15H,3,5H2,1H3,(H,16,17). The number of nitrogens with one attached hydrogen (secondary N) is 2. The van der Waals surface area contributed by atoms with Crippen LogP contribution in [0.2, 0.25) is 0 Å². The Balaban J connectivity index is 2.90. The average Bonchev–Trinajstić information content (AvgIpc) is 2.25. The van der Waals surface area contributed by atoms with Crippen LogP contribution in [0, 0.1) is 0 Å². The number of aromatic nitrogens is 1. The van der Waals surface area contributed by atoms with Crippen molar-refractivity contribution in [3.8, 4) is 0 Å². The van der Waals surface area contributed by atoms with E-state index in [1.807, 2.05) is 0 Å². The minimum Gasteiger partial charge on any atom is -0.328 e. The van der Waals surface area contributed by atoms with Gasteiger partial charge in [0.25, 0.3) is 5.56 Å². The molecule has 6 heteroatoms. The molecule has 0 saturated heterocycles. The van der Waals surface area contributed by atoms with Crippen molar-refractivity contribution in [2.75, 3.05) is 13.6 Å². The van der Waals surface area contributed by atoms with Gasteiger partial charge >= 0.3 is 6.18 Å². The Morgan fingerprint density at radius 2 is 2.18 bits per heavy atom. The van der Waals surface area contributed by atoms with Gasteiger partial charge in [-0.2, -0.15) is 13.2 Å². The smallest absolute Gasteiger partial charge is 0.328 e. The van der Waals surface area contributed by atoms with Crippen molar-refractivity contribution in [2.24, 2.45) is 0 Å². The van der Waals surface area contributed by atoms with Gasteiger partial charge in [-0.1, -0.05) is 12.2 Å². The minimum absolute atomic E-state index is 0.327. The van der Waals surface area contributed by atoms with Gasteiger partial charge in [-0.25, -0.2) is 0 Å². The summed E-state index contributed by atoms with van der Waals surface area (Å²) in [5.74, 6) is 0. The van der Waals surface area contributed by atoms with E-state index in [2.05, 4.69) is 10.3 Å². The molecular formula is C11H13F3N2O. The fraction of sp³-hybridized carbons (Fsp3) is 0.364. The molecule has 0 fully saturated rings. The second-order valence-electron chi connectivity index (χ2n) is 3.47. The van der Waals surface area contributed by atoms with Gasteiger partial charge in [-0.3, -0.25) is 4.79 Å². The Kier molecular flexibility index (Phi) is 4.51. The molecule has 0 aromatic carbocycles. The first-order chi connectivity index (χ1) is 7.95. The van der Waals surface area contributed by atoms with E-state index in [4.69, 9.17) is 0 Å². The third-order valence-corrected chi connectivity index (χ3v) is 2.10. The van der Waals surface area contributed by atoms with Crippen LogP contribution in [0.15, 0.2) is 23.1 Å². The summed E-state index contributed by atoms with van der Waals surface area (Å²) in [6, 6.07) is 0.842. The molecule has 0 amide bonds. The normalized spacial score (nSPS) is 12.2. The monoisotopic (exact) mass is 246 g/mol. The number of rotatable bonds is 4. The molecule has 1 rings (SSSR count). The number of H-pyrrole nitrogens is 1. The van der Waals surface area contributed by atoms with Gasteiger partial charge in [0.1, 0.15) is 5.56 Å². The molecule has 0 atom stereocenters. The molecule has 94 valence electrons. The van der Waals surface area contributed by atoms with Crippen LogP contribution < -0.4 is 10.9 Å². The number of halogens is 3. The zero-order valence-electron chi connectivity index (χ0n) is 9.27. The van der Waals surface area contributed by atoms with Gasteiger partial charge in [-0.05, 0) is 31.6 Å². The SMILES string of the molecule is CNCCC=Cc1c[nH]c(=O)c(C(F)(F)F)c1. The maximum atomic E-state index is 12.4. The van der Waals surface area contributed by atoms with E-state index in [1.165, 1.54) is 6.20 Å². The molecule has 0 unspecified atom stereocenters. The zero-order chi connectivity index (χ0) is 12.9. The summed E-state index contributed by atoms with van der Waals surface area (Å²) in [6.45, 7) is 0.742. The molecule has 1 aromatic rings. The maximum absolute atomic E-state index is 12.4. The summed E-state index contributed by atoms with van der Waals surface area (Å²) in [5.41, 5.74) is -1.97. The lowest BCUT2D eigenvalue weighted by atomic mass is 10.2. The first kappa shape index (κ1) is 13.5. The van der Waals surface area contributed by atoms with Crippen molar-refractivity contribution in [3.05, 3.63) is 39.8 Å². The molecule has 0 spiro atoms. The summed E-state index contributed by atoms with van der Waals surface area (Å²) in [4.78, 5) is 13.1. The van der Waals surface area contributed by atoms with E-state index in [9.17, 15) is 18.0 Å². The Bertz CT molecular complexity index is 449. The van der Waals surface area contributed by atoms with Crippen molar-refractivity contribution < 1.29 is 13.2 Å². The van der Waals surface area contributed by atoms with Gasteiger partial charge in [0.15, 0.2) is 0 Å². The number of aromatic amines is 1. The van der Waals surface area contributed by atoms with Gasteiger partial charge in [0.05, 0.1) is 0 Å². The van der Waals surface area contributed by atoms with Crippen LogP contribution in [0.3, 0.4) is 0 Å². The number of hydrogen-bond acceptors (Lipinski definition) is 2. The van der Waals surface area contributed by atoms with Crippen LogP contribution in [0.4, 0.5) is 13.2 Å². The predicted octanol–water partition coefficient (Wildman–Crippen LogP) is 2.02. The van der Waals surface area contributed by atoms with Crippen molar-refractivity contribution in [2.45, 2.75) is 12.6 Å². The van der Waals surface area contributed by atoms with Gasteiger partial charge in [0.2, 0.25) is 0 Å². The van der Waals surface area contributed by atoms with Crippen LogP contribution in [-0.4, -0.2) is 18.6 Å². The third kappa shape index (κ3) is 4.07. The Labute approximate surface area is 96.4 Å². The van der Waals surface area contributed by atoms with Crippen molar-refractivity contribution in [1.29, 1.82) is 0 Å². The van der Waals surface area contributed by atoms with Crippen LogP contribution in [-0.2, 0) is 6.18 Å². The lowest BCUT2D eigenvalue weighted by Gasteiger charge is -2.05. The van der Waals surface area contributed by atoms with Crippen LogP contribution in [0.1, 0.15) is 17.5 Å². The summed E-state index contributed by atoms with van der Waals surface area (Å²) < 4.78 is 37.3.